The third kappa shape index (κ3) is 4.09. The topological polar surface area (TPSA) is 55.4 Å². The molecule has 1 atom stereocenters. The molecule has 0 fully saturated rings. The summed E-state index contributed by atoms with van der Waals surface area (Å²) in [5, 5.41) is 5.23. The lowest BCUT2D eigenvalue weighted by Gasteiger charge is -2.17. The highest BCUT2D eigenvalue weighted by Crippen LogP contribution is 2.24. The molecule has 0 aromatic heterocycles. The van der Waals surface area contributed by atoms with E-state index in [1.807, 2.05) is 31.2 Å². The van der Waals surface area contributed by atoms with E-state index >= 15 is 0 Å². The molecule has 0 aliphatic carbocycles. The molecule has 0 radical (unpaired) electrons. The first-order valence-electron chi connectivity index (χ1n) is 8.55. The summed E-state index contributed by atoms with van der Waals surface area (Å²) in [5.41, 5.74) is 1.63. The molecule has 3 aromatic rings. The molecule has 26 heavy (non-hydrogen) atoms. The maximum absolute atomic E-state index is 12.3. The van der Waals surface area contributed by atoms with Gasteiger partial charge in [0.15, 0.2) is 12.4 Å². The van der Waals surface area contributed by atoms with E-state index in [1.165, 1.54) is 6.92 Å². The Labute approximate surface area is 152 Å². The molecular formula is C22H21NO3. The quantitative estimate of drug-likeness (QED) is 0.677. The molecule has 0 bridgehead atoms. The second-order valence-corrected chi connectivity index (χ2v) is 6.23. The summed E-state index contributed by atoms with van der Waals surface area (Å²) in [4.78, 5) is 23.7. The SMILES string of the molecule is CC(=O)c1cccc(OCC(=O)N[C@@H](C)c2cccc3ccccc23)c1. The Bertz CT molecular complexity index is 944. The molecule has 0 saturated carbocycles. The predicted octanol–water partition coefficient (Wildman–Crippen LogP) is 4.30. The second kappa shape index (κ2) is 7.83. The Balaban J connectivity index is 1.64. The third-order valence-electron chi connectivity index (χ3n) is 4.28. The van der Waals surface area contributed by atoms with Gasteiger partial charge in [0.25, 0.3) is 5.91 Å². The van der Waals surface area contributed by atoms with Crippen molar-refractivity contribution in [1.82, 2.24) is 5.32 Å². The molecule has 0 spiro atoms. The number of carbonyl (C=O) groups excluding carboxylic acids is 2. The number of nitrogens with one attached hydrogen (secondary N) is 1. The van der Waals surface area contributed by atoms with Crippen LogP contribution in [0.3, 0.4) is 0 Å². The smallest absolute Gasteiger partial charge is 0.258 e. The van der Waals surface area contributed by atoms with Crippen LogP contribution in [-0.2, 0) is 4.79 Å². The Morgan fingerprint density at radius 2 is 1.73 bits per heavy atom. The minimum atomic E-state index is -0.210. The van der Waals surface area contributed by atoms with Crippen LogP contribution in [0.5, 0.6) is 5.75 Å². The number of Topliss-reactive ketones (excluding diaryl/α,β-unsaturated/α-hetero) is 1. The number of fused-ring (bicyclic) bond motifs is 1. The molecule has 4 nitrogen and oxygen atoms in total. The molecule has 0 heterocycles. The molecule has 0 saturated heterocycles. The van der Waals surface area contributed by atoms with E-state index < -0.39 is 0 Å². The fourth-order valence-electron chi connectivity index (χ4n) is 2.94. The van der Waals surface area contributed by atoms with Crippen LogP contribution in [-0.4, -0.2) is 18.3 Å². The van der Waals surface area contributed by atoms with Gasteiger partial charge in [-0.1, -0.05) is 54.6 Å². The largest absolute Gasteiger partial charge is 0.484 e. The normalized spacial score (nSPS) is 11.8. The van der Waals surface area contributed by atoms with Crippen LogP contribution < -0.4 is 10.1 Å². The van der Waals surface area contributed by atoms with Crippen molar-refractivity contribution in [2.75, 3.05) is 6.61 Å². The van der Waals surface area contributed by atoms with Crippen LogP contribution in [0.25, 0.3) is 10.8 Å². The van der Waals surface area contributed by atoms with E-state index in [2.05, 4.69) is 23.5 Å². The predicted molar refractivity (Wildman–Crippen MR) is 102 cm³/mol. The number of ketones is 1. The highest BCUT2D eigenvalue weighted by Gasteiger charge is 2.13. The maximum atomic E-state index is 12.3. The van der Waals surface area contributed by atoms with Gasteiger partial charge < -0.3 is 10.1 Å². The summed E-state index contributed by atoms with van der Waals surface area (Å²) in [5.74, 6) is 0.258. The van der Waals surface area contributed by atoms with Gasteiger partial charge in [-0.05, 0) is 42.3 Å². The summed E-state index contributed by atoms with van der Waals surface area (Å²) in [7, 11) is 0. The van der Waals surface area contributed by atoms with E-state index in [0.29, 0.717) is 11.3 Å². The average molecular weight is 347 g/mol. The minimum absolute atomic E-state index is 0.0375. The number of amides is 1. The van der Waals surface area contributed by atoms with Crippen molar-refractivity contribution in [2.24, 2.45) is 0 Å². The summed E-state index contributed by atoms with van der Waals surface area (Å²) >= 11 is 0. The third-order valence-corrected chi connectivity index (χ3v) is 4.28. The minimum Gasteiger partial charge on any atom is -0.484 e. The number of hydrogen-bond donors (Lipinski definition) is 1. The molecule has 0 aliphatic heterocycles. The molecule has 0 unspecified atom stereocenters. The van der Waals surface area contributed by atoms with Crippen LogP contribution in [0, 0.1) is 0 Å². The number of hydrogen-bond acceptors (Lipinski definition) is 3. The van der Waals surface area contributed by atoms with Crippen molar-refractivity contribution in [3.8, 4) is 5.75 Å². The Morgan fingerprint density at radius 1 is 1.00 bits per heavy atom. The highest BCUT2D eigenvalue weighted by atomic mass is 16.5. The maximum Gasteiger partial charge on any atom is 0.258 e. The average Bonchev–Trinajstić information content (AvgIpc) is 2.66. The van der Waals surface area contributed by atoms with Gasteiger partial charge in [0.05, 0.1) is 6.04 Å². The summed E-state index contributed by atoms with van der Waals surface area (Å²) in [6.45, 7) is 3.35. The monoisotopic (exact) mass is 347 g/mol. The van der Waals surface area contributed by atoms with Crippen molar-refractivity contribution in [3.05, 3.63) is 77.9 Å². The van der Waals surface area contributed by atoms with Crippen molar-refractivity contribution in [2.45, 2.75) is 19.9 Å². The zero-order chi connectivity index (χ0) is 18.5. The molecule has 3 rings (SSSR count). The molecule has 1 N–H and O–H groups in total. The van der Waals surface area contributed by atoms with Gasteiger partial charge >= 0.3 is 0 Å². The van der Waals surface area contributed by atoms with Gasteiger partial charge in [-0.25, -0.2) is 0 Å². The molecule has 0 aliphatic rings. The number of rotatable bonds is 6. The van der Waals surface area contributed by atoms with Gasteiger partial charge in [0.1, 0.15) is 5.75 Å². The van der Waals surface area contributed by atoms with Crippen LogP contribution in [0.4, 0.5) is 0 Å². The van der Waals surface area contributed by atoms with Gasteiger partial charge in [-0.3, -0.25) is 9.59 Å². The Hall–Kier alpha value is -3.14. The van der Waals surface area contributed by atoms with Crippen LogP contribution >= 0.6 is 0 Å². The lowest BCUT2D eigenvalue weighted by atomic mass is 10.00. The van der Waals surface area contributed by atoms with Gasteiger partial charge in [-0.2, -0.15) is 0 Å². The number of carbonyl (C=O) groups is 2. The summed E-state index contributed by atoms with van der Waals surface area (Å²) < 4.78 is 5.52. The number of ether oxygens (including phenoxy) is 1. The van der Waals surface area contributed by atoms with E-state index in [4.69, 9.17) is 4.74 Å². The summed E-state index contributed by atoms with van der Waals surface area (Å²) in [6, 6.07) is 20.9. The van der Waals surface area contributed by atoms with Gasteiger partial charge in [-0.15, -0.1) is 0 Å². The van der Waals surface area contributed by atoms with Crippen LogP contribution in [0.2, 0.25) is 0 Å². The van der Waals surface area contributed by atoms with Crippen molar-refractivity contribution in [3.63, 3.8) is 0 Å². The van der Waals surface area contributed by atoms with Crippen LogP contribution in [0.15, 0.2) is 66.7 Å². The molecule has 1 amide bonds. The van der Waals surface area contributed by atoms with Crippen molar-refractivity contribution < 1.29 is 14.3 Å². The zero-order valence-corrected chi connectivity index (χ0v) is 14.9. The van der Waals surface area contributed by atoms with E-state index in [-0.39, 0.29) is 24.3 Å². The zero-order valence-electron chi connectivity index (χ0n) is 14.9. The Morgan fingerprint density at radius 3 is 2.54 bits per heavy atom. The second-order valence-electron chi connectivity index (χ2n) is 6.23. The lowest BCUT2D eigenvalue weighted by Crippen LogP contribution is -2.31. The van der Waals surface area contributed by atoms with Crippen molar-refractivity contribution in [1.29, 1.82) is 0 Å². The fraction of sp³-hybridized carbons (Fsp3) is 0.182. The van der Waals surface area contributed by atoms with Gasteiger partial charge in [0, 0.05) is 5.56 Å². The highest BCUT2D eigenvalue weighted by molar-refractivity contribution is 5.94. The molecule has 4 heteroatoms. The molecular weight excluding hydrogens is 326 g/mol. The summed E-state index contributed by atoms with van der Waals surface area (Å²) in [6.07, 6.45) is 0. The van der Waals surface area contributed by atoms with Crippen LogP contribution in [0.1, 0.15) is 35.8 Å². The first kappa shape index (κ1) is 17.7. The van der Waals surface area contributed by atoms with Gasteiger partial charge in [0.2, 0.25) is 0 Å². The first-order chi connectivity index (χ1) is 12.5. The van der Waals surface area contributed by atoms with E-state index in [0.717, 1.165) is 16.3 Å². The molecule has 3 aromatic carbocycles. The molecule has 132 valence electrons. The lowest BCUT2D eigenvalue weighted by molar-refractivity contribution is -0.123. The van der Waals surface area contributed by atoms with E-state index in [9.17, 15) is 9.59 Å². The standard InChI is InChI=1S/C22H21NO3/c1-15(20-12-6-8-17-7-3-4-11-21(17)20)23-22(25)14-26-19-10-5-9-18(13-19)16(2)24/h3-13,15H,14H2,1-2H3,(H,23,25)/t15-/m0/s1. The number of benzene rings is 3. The van der Waals surface area contributed by atoms with E-state index in [1.54, 1.807) is 24.3 Å². The first-order valence-corrected chi connectivity index (χ1v) is 8.55. The fourth-order valence-corrected chi connectivity index (χ4v) is 2.94. The van der Waals surface area contributed by atoms with Crippen molar-refractivity contribution >= 4 is 22.5 Å². The Kier molecular flexibility index (Phi) is 5.32.